The average Bonchev–Trinajstić information content (AvgIpc) is 3.67. The highest BCUT2D eigenvalue weighted by molar-refractivity contribution is 5.94. The van der Waals surface area contributed by atoms with Crippen LogP contribution in [-0.2, 0) is 16.9 Å². The minimum absolute atomic E-state index is 0.107. The van der Waals surface area contributed by atoms with Crippen LogP contribution in [0.2, 0.25) is 0 Å². The first-order valence-corrected chi connectivity index (χ1v) is 11.2. The van der Waals surface area contributed by atoms with Gasteiger partial charge in [-0.05, 0) is 36.2 Å². The lowest BCUT2D eigenvalue weighted by Crippen LogP contribution is -2.48. The van der Waals surface area contributed by atoms with Gasteiger partial charge in [0.05, 0.1) is 17.8 Å². The van der Waals surface area contributed by atoms with Gasteiger partial charge in [0, 0.05) is 18.9 Å². The molecule has 0 radical (unpaired) electrons. The van der Waals surface area contributed by atoms with E-state index in [2.05, 4.69) is 30.5 Å². The van der Waals surface area contributed by atoms with Crippen LogP contribution < -0.4 is 11.1 Å². The van der Waals surface area contributed by atoms with Crippen molar-refractivity contribution in [3.05, 3.63) is 90.6 Å². The fraction of sp³-hybridized carbons (Fsp3) is 0.120. The summed E-state index contributed by atoms with van der Waals surface area (Å²) in [6.07, 6.45) is 6.57. The Balaban J connectivity index is 1.49. The highest BCUT2D eigenvalue weighted by atomic mass is 16.3. The van der Waals surface area contributed by atoms with Crippen molar-refractivity contribution in [3.63, 3.8) is 0 Å². The van der Waals surface area contributed by atoms with E-state index >= 15 is 0 Å². The molecule has 0 bridgehead atoms. The second kappa shape index (κ2) is 8.31. The summed E-state index contributed by atoms with van der Waals surface area (Å²) in [4.78, 5) is 27.1. The van der Waals surface area contributed by atoms with Crippen LogP contribution in [-0.4, -0.2) is 40.3 Å². The predicted octanol–water partition coefficient (Wildman–Crippen LogP) is 2.79. The van der Waals surface area contributed by atoms with Crippen LogP contribution in [0.5, 0.6) is 0 Å². The molecule has 1 amide bonds. The molecule has 0 aliphatic rings. The molecule has 0 saturated heterocycles. The zero-order chi connectivity index (χ0) is 24.7. The molecule has 0 fully saturated rings. The molecule has 11 nitrogen and oxygen atoms in total. The number of amides is 1. The molecule has 5 heterocycles. The fourth-order valence-electron chi connectivity index (χ4n) is 4.22. The van der Waals surface area contributed by atoms with Gasteiger partial charge in [0.25, 0.3) is 5.91 Å². The number of rotatable bonds is 6. The summed E-state index contributed by atoms with van der Waals surface area (Å²) in [5, 5.41) is 12.7. The number of nitrogen functional groups attached to an aromatic ring is 1. The van der Waals surface area contributed by atoms with Gasteiger partial charge in [0.2, 0.25) is 11.8 Å². The average molecular weight is 480 g/mol. The number of carbonyl (C=O) groups excluding carboxylic acids is 1. The molecule has 5 aromatic heterocycles. The first-order chi connectivity index (χ1) is 17.6. The molecule has 3 N–H and O–H groups in total. The van der Waals surface area contributed by atoms with E-state index in [1.54, 1.807) is 48.6 Å². The minimum atomic E-state index is -1.24. The van der Waals surface area contributed by atoms with Gasteiger partial charge in [-0.2, -0.15) is 14.6 Å². The van der Waals surface area contributed by atoms with E-state index in [0.29, 0.717) is 34.8 Å². The van der Waals surface area contributed by atoms with Gasteiger partial charge in [-0.25, -0.2) is 9.67 Å². The monoisotopic (exact) mass is 479 g/mol. The number of carbonyl (C=O) groups is 1. The van der Waals surface area contributed by atoms with Gasteiger partial charge in [0.1, 0.15) is 0 Å². The first-order valence-electron chi connectivity index (χ1n) is 11.2. The van der Waals surface area contributed by atoms with Crippen LogP contribution in [0.25, 0.3) is 28.3 Å². The number of nitrogens with one attached hydrogen (secondary N) is 1. The predicted molar refractivity (Wildman–Crippen MR) is 131 cm³/mol. The zero-order valence-corrected chi connectivity index (χ0v) is 19.2. The molecular weight excluding hydrogens is 458 g/mol. The molecule has 11 heteroatoms. The van der Waals surface area contributed by atoms with Crippen LogP contribution in [0.3, 0.4) is 0 Å². The molecule has 1 unspecified atom stereocenters. The van der Waals surface area contributed by atoms with Gasteiger partial charge in [0.15, 0.2) is 22.6 Å². The number of fused-ring (bicyclic) bond motifs is 3. The van der Waals surface area contributed by atoms with Gasteiger partial charge in [-0.3, -0.25) is 9.78 Å². The Morgan fingerprint density at radius 2 is 1.92 bits per heavy atom. The van der Waals surface area contributed by atoms with E-state index in [0.717, 1.165) is 11.1 Å². The molecule has 0 aliphatic heterocycles. The molecule has 0 saturated carbocycles. The Morgan fingerprint density at radius 1 is 1.06 bits per heavy atom. The molecule has 1 atom stereocenters. The molecule has 1 aromatic carbocycles. The minimum Gasteiger partial charge on any atom is -0.461 e. The summed E-state index contributed by atoms with van der Waals surface area (Å²) in [5.74, 6) is 0.715. The lowest BCUT2D eigenvalue weighted by Gasteiger charge is -2.30. The van der Waals surface area contributed by atoms with Gasteiger partial charge in [-0.15, -0.1) is 5.10 Å². The van der Waals surface area contributed by atoms with Gasteiger partial charge < -0.3 is 15.5 Å². The molecule has 36 heavy (non-hydrogen) atoms. The smallest absolute Gasteiger partial charge is 0.252 e. The van der Waals surface area contributed by atoms with Crippen molar-refractivity contribution in [2.24, 2.45) is 0 Å². The summed E-state index contributed by atoms with van der Waals surface area (Å²) >= 11 is 0. The van der Waals surface area contributed by atoms with Crippen LogP contribution >= 0.6 is 0 Å². The summed E-state index contributed by atoms with van der Waals surface area (Å²) in [7, 11) is 0. The Kier molecular flexibility index (Phi) is 4.95. The standard InChI is InChI=1S/C25H21N9O2/c1-25(17-8-3-2-4-9-17,23(35)28-14-16-7-5-11-27-13-16)34-22-18(15-29-34)21-30-20(19-10-6-12-36-19)32-33(21)24(26)31-22/h2-13,15H,14H2,1H3,(H2,26,31)(H,28,35). The summed E-state index contributed by atoms with van der Waals surface area (Å²) in [5.41, 5.74) is 7.51. The van der Waals surface area contributed by atoms with E-state index in [9.17, 15) is 4.79 Å². The molecule has 6 rings (SSSR count). The summed E-state index contributed by atoms with van der Waals surface area (Å²) in [6.45, 7) is 2.11. The molecule has 178 valence electrons. The number of pyridine rings is 1. The number of benzene rings is 1. The largest absolute Gasteiger partial charge is 0.461 e. The van der Waals surface area contributed by atoms with Crippen LogP contribution in [0.1, 0.15) is 18.1 Å². The maximum Gasteiger partial charge on any atom is 0.252 e. The van der Waals surface area contributed by atoms with Crippen molar-refractivity contribution >= 4 is 28.5 Å². The lowest BCUT2D eigenvalue weighted by atomic mass is 9.91. The fourth-order valence-corrected chi connectivity index (χ4v) is 4.22. The first kappa shape index (κ1) is 21.5. The second-order valence-electron chi connectivity index (χ2n) is 8.39. The molecule has 0 spiro atoms. The van der Waals surface area contributed by atoms with E-state index in [-0.39, 0.29) is 11.9 Å². The van der Waals surface area contributed by atoms with E-state index in [1.165, 1.54) is 4.52 Å². The lowest BCUT2D eigenvalue weighted by molar-refractivity contribution is -0.127. The molecular formula is C25H21N9O2. The third-order valence-electron chi connectivity index (χ3n) is 6.15. The second-order valence-corrected chi connectivity index (χ2v) is 8.39. The van der Waals surface area contributed by atoms with Crippen molar-refractivity contribution in [3.8, 4) is 11.6 Å². The van der Waals surface area contributed by atoms with Gasteiger partial charge in [-0.1, -0.05) is 36.4 Å². The number of anilines is 1. The van der Waals surface area contributed by atoms with Crippen molar-refractivity contribution in [1.29, 1.82) is 0 Å². The van der Waals surface area contributed by atoms with E-state index in [1.807, 2.05) is 42.5 Å². The van der Waals surface area contributed by atoms with Crippen molar-refractivity contribution in [2.75, 3.05) is 5.73 Å². The normalized spacial score (nSPS) is 13.1. The summed E-state index contributed by atoms with van der Waals surface area (Å²) in [6, 6.07) is 16.7. The number of aromatic nitrogens is 7. The molecule has 6 aromatic rings. The highest BCUT2D eigenvalue weighted by Gasteiger charge is 2.40. The SMILES string of the molecule is CC(C(=O)NCc1cccnc1)(c1ccccc1)n1ncc2c1nc(N)n1nc(-c3ccco3)nc21. The Hall–Kier alpha value is -5.06. The van der Waals surface area contributed by atoms with Crippen LogP contribution in [0.15, 0.2) is 83.9 Å². The number of hydrogen-bond donors (Lipinski definition) is 2. The number of hydrogen-bond acceptors (Lipinski definition) is 8. The Morgan fingerprint density at radius 3 is 2.67 bits per heavy atom. The topological polar surface area (TPSA) is 142 Å². The van der Waals surface area contributed by atoms with Crippen molar-refractivity contribution in [1.82, 2.24) is 39.7 Å². The van der Waals surface area contributed by atoms with Crippen LogP contribution in [0.4, 0.5) is 5.95 Å². The van der Waals surface area contributed by atoms with Crippen molar-refractivity contribution < 1.29 is 9.21 Å². The van der Waals surface area contributed by atoms with E-state index in [4.69, 9.17) is 10.2 Å². The van der Waals surface area contributed by atoms with Crippen LogP contribution in [0, 0.1) is 0 Å². The third kappa shape index (κ3) is 3.36. The highest BCUT2D eigenvalue weighted by Crippen LogP contribution is 2.31. The third-order valence-corrected chi connectivity index (χ3v) is 6.15. The number of furan rings is 1. The quantitative estimate of drug-likeness (QED) is 0.371. The maximum absolute atomic E-state index is 13.8. The number of nitrogens with zero attached hydrogens (tertiary/aromatic N) is 7. The maximum atomic E-state index is 13.8. The van der Waals surface area contributed by atoms with Crippen molar-refractivity contribution in [2.45, 2.75) is 19.0 Å². The van der Waals surface area contributed by atoms with E-state index < -0.39 is 5.54 Å². The summed E-state index contributed by atoms with van der Waals surface area (Å²) < 4.78 is 8.45. The zero-order valence-electron chi connectivity index (χ0n) is 19.2. The number of nitrogens with two attached hydrogens (primary N) is 1. The van der Waals surface area contributed by atoms with Gasteiger partial charge >= 0.3 is 0 Å². The Labute approximate surface area is 204 Å². The molecule has 0 aliphatic carbocycles. The Bertz CT molecular complexity index is 1680.